The van der Waals surface area contributed by atoms with E-state index in [4.69, 9.17) is 0 Å². The van der Waals surface area contributed by atoms with E-state index >= 15 is 0 Å². The van der Waals surface area contributed by atoms with E-state index < -0.39 is 0 Å². The minimum absolute atomic E-state index is 0.782. The van der Waals surface area contributed by atoms with E-state index in [0.29, 0.717) is 0 Å². The lowest BCUT2D eigenvalue weighted by Gasteiger charge is -2.06. The maximum atomic E-state index is 4.60. The van der Waals surface area contributed by atoms with Gasteiger partial charge in [0.15, 0.2) is 11.0 Å². The van der Waals surface area contributed by atoms with Gasteiger partial charge in [0, 0.05) is 47.4 Å². The highest BCUT2D eigenvalue weighted by molar-refractivity contribution is 7.99. The van der Waals surface area contributed by atoms with Crippen LogP contribution < -0.4 is 0 Å². The molecule has 0 unspecified atom stereocenters. The summed E-state index contributed by atoms with van der Waals surface area (Å²) in [6, 6.07) is 8.44. The summed E-state index contributed by atoms with van der Waals surface area (Å²) in [5.74, 6) is 0.886. The number of hydrogen-bond acceptors (Lipinski definition) is 5. The lowest BCUT2D eigenvalue weighted by atomic mass is 10.1. The molecule has 138 valence electrons. The van der Waals surface area contributed by atoms with Crippen LogP contribution in [-0.4, -0.2) is 29.5 Å². The molecule has 0 atom stereocenters. The molecule has 0 aliphatic carbocycles. The zero-order chi connectivity index (χ0) is 19.1. The van der Waals surface area contributed by atoms with Gasteiger partial charge in [-0.15, -0.1) is 10.2 Å². The minimum Gasteiger partial charge on any atom is -0.298 e. The van der Waals surface area contributed by atoms with Crippen LogP contribution in [0.25, 0.3) is 28.1 Å². The standard InChI is InChI=1S/C21H18N6S/c1-14-3-6-20-24-25-21(27(20)8-7-14)28-18-4-5-19-15(10-18)9-16(11-22-19)17-12-23-26(2)13-17/h3-7,9-13H,8H2,1-2H3. The molecule has 0 fully saturated rings. The molecule has 5 rings (SSSR count). The number of aryl methyl sites for hydroxylation is 1. The van der Waals surface area contributed by atoms with Gasteiger partial charge >= 0.3 is 0 Å². The predicted molar refractivity (Wildman–Crippen MR) is 111 cm³/mol. The molecule has 0 N–H and O–H groups in total. The highest BCUT2D eigenvalue weighted by Gasteiger charge is 2.13. The fraction of sp³-hybridized carbons (Fsp3) is 0.143. The van der Waals surface area contributed by atoms with Crippen LogP contribution in [-0.2, 0) is 13.6 Å². The SMILES string of the molecule is CC1=CCn2c(nnc2Sc2ccc3ncc(-c4cnn(C)c4)cc3c2)C=C1. The summed E-state index contributed by atoms with van der Waals surface area (Å²) in [6.07, 6.45) is 12.0. The summed E-state index contributed by atoms with van der Waals surface area (Å²) in [5, 5.41) is 14.9. The Morgan fingerprint density at radius 3 is 2.82 bits per heavy atom. The van der Waals surface area contributed by atoms with Crippen molar-refractivity contribution >= 4 is 28.7 Å². The summed E-state index contributed by atoms with van der Waals surface area (Å²) in [5.41, 5.74) is 4.33. The minimum atomic E-state index is 0.782. The first-order valence-electron chi connectivity index (χ1n) is 9.00. The van der Waals surface area contributed by atoms with E-state index in [1.54, 1.807) is 16.4 Å². The molecular weight excluding hydrogens is 368 g/mol. The van der Waals surface area contributed by atoms with Crippen molar-refractivity contribution in [3.8, 4) is 11.1 Å². The van der Waals surface area contributed by atoms with Gasteiger partial charge in [-0.1, -0.05) is 17.7 Å². The Hall–Kier alpha value is -3.19. The molecule has 6 nitrogen and oxygen atoms in total. The van der Waals surface area contributed by atoms with Crippen LogP contribution in [0.3, 0.4) is 0 Å². The first-order valence-corrected chi connectivity index (χ1v) is 9.82. The third kappa shape index (κ3) is 3.14. The molecule has 7 heteroatoms. The molecule has 0 spiro atoms. The van der Waals surface area contributed by atoms with Gasteiger partial charge in [-0.3, -0.25) is 14.2 Å². The van der Waals surface area contributed by atoms with Gasteiger partial charge in [-0.25, -0.2) is 0 Å². The fourth-order valence-electron chi connectivity index (χ4n) is 3.19. The highest BCUT2D eigenvalue weighted by atomic mass is 32.2. The number of nitrogens with zero attached hydrogens (tertiary/aromatic N) is 6. The average Bonchev–Trinajstić information content (AvgIpc) is 3.25. The van der Waals surface area contributed by atoms with Crippen molar-refractivity contribution in [3.05, 3.63) is 66.4 Å². The Kier molecular flexibility index (Phi) is 4.09. The first kappa shape index (κ1) is 16.9. The molecule has 28 heavy (non-hydrogen) atoms. The molecule has 0 amide bonds. The Morgan fingerprint density at radius 1 is 1.04 bits per heavy atom. The number of rotatable bonds is 3. The molecule has 1 aliphatic rings. The summed E-state index contributed by atoms with van der Waals surface area (Å²) >= 11 is 1.62. The van der Waals surface area contributed by atoms with E-state index in [-0.39, 0.29) is 0 Å². The quantitative estimate of drug-likeness (QED) is 0.524. The second-order valence-corrected chi connectivity index (χ2v) is 7.86. The summed E-state index contributed by atoms with van der Waals surface area (Å²) < 4.78 is 3.93. The fourth-order valence-corrected chi connectivity index (χ4v) is 4.08. The predicted octanol–water partition coefficient (Wildman–Crippen LogP) is 4.35. The van der Waals surface area contributed by atoms with Gasteiger partial charge in [0.2, 0.25) is 0 Å². The summed E-state index contributed by atoms with van der Waals surface area (Å²) in [4.78, 5) is 5.71. The molecule has 0 radical (unpaired) electrons. The van der Waals surface area contributed by atoms with Crippen molar-refractivity contribution < 1.29 is 0 Å². The number of hydrogen-bond donors (Lipinski definition) is 0. The number of allylic oxidation sites excluding steroid dienone is 3. The highest BCUT2D eigenvalue weighted by Crippen LogP contribution is 2.31. The van der Waals surface area contributed by atoms with Gasteiger partial charge in [0.25, 0.3) is 0 Å². The largest absolute Gasteiger partial charge is 0.298 e. The van der Waals surface area contributed by atoms with Crippen LogP contribution in [0.15, 0.2) is 70.6 Å². The monoisotopic (exact) mass is 386 g/mol. The zero-order valence-corrected chi connectivity index (χ0v) is 16.4. The van der Waals surface area contributed by atoms with Crippen LogP contribution in [0.2, 0.25) is 0 Å². The smallest absolute Gasteiger partial charge is 0.196 e. The second kappa shape index (κ2) is 6.76. The third-order valence-corrected chi connectivity index (χ3v) is 5.71. The molecule has 3 aromatic heterocycles. The van der Waals surface area contributed by atoms with Gasteiger partial charge in [0.05, 0.1) is 11.7 Å². The van der Waals surface area contributed by atoms with Crippen LogP contribution in [0.1, 0.15) is 12.7 Å². The molecule has 0 saturated heterocycles. The van der Waals surface area contributed by atoms with Crippen molar-refractivity contribution in [1.29, 1.82) is 0 Å². The molecule has 0 bridgehead atoms. The van der Waals surface area contributed by atoms with Crippen LogP contribution in [0.4, 0.5) is 0 Å². The van der Waals surface area contributed by atoms with Crippen molar-refractivity contribution in [3.63, 3.8) is 0 Å². The Morgan fingerprint density at radius 2 is 1.96 bits per heavy atom. The average molecular weight is 386 g/mol. The van der Waals surface area contributed by atoms with Crippen molar-refractivity contribution in [1.82, 2.24) is 29.5 Å². The Labute approximate surface area is 166 Å². The van der Waals surface area contributed by atoms with E-state index in [1.165, 1.54) is 5.57 Å². The molecule has 1 aliphatic heterocycles. The zero-order valence-electron chi connectivity index (χ0n) is 15.6. The van der Waals surface area contributed by atoms with E-state index in [1.807, 2.05) is 37.8 Å². The lowest BCUT2D eigenvalue weighted by Crippen LogP contribution is -1.99. The van der Waals surface area contributed by atoms with Gasteiger partial charge in [-0.05, 0) is 49.0 Å². The lowest BCUT2D eigenvalue weighted by molar-refractivity contribution is 0.718. The van der Waals surface area contributed by atoms with Gasteiger partial charge in [0.1, 0.15) is 0 Å². The van der Waals surface area contributed by atoms with Crippen molar-refractivity contribution in [2.75, 3.05) is 0 Å². The van der Waals surface area contributed by atoms with E-state index in [2.05, 4.69) is 62.1 Å². The third-order valence-electron chi connectivity index (χ3n) is 4.74. The maximum absolute atomic E-state index is 4.60. The van der Waals surface area contributed by atoms with Gasteiger partial charge < -0.3 is 0 Å². The van der Waals surface area contributed by atoms with Gasteiger partial charge in [-0.2, -0.15) is 5.10 Å². The van der Waals surface area contributed by atoms with Crippen molar-refractivity contribution in [2.45, 2.75) is 23.5 Å². The summed E-state index contributed by atoms with van der Waals surface area (Å²) in [6.45, 7) is 2.88. The number of pyridine rings is 1. The van der Waals surface area contributed by atoms with E-state index in [9.17, 15) is 0 Å². The molecule has 0 saturated carbocycles. The molecule has 1 aromatic carbocycles. The van der Waals surface area contributed by atoms with Crippen molar-refractivity contribution in [2.24, 2.45) is 7.05 Å². The first-order chi connectivity index (χ1) is 13.7. The number of fused-ring (bicyclic) bond motifs is 2. The molecular formula is C21H18N6S. The van der Waals surface area contributed by atoms with Crippen LogP contribution in [0.5, 0.6) is 0 Å². The normalized spacial score (nSPS) is 13.4. The number of aromatic nitrogens is 6. The van der Waals surface area contributed by atoms with E-state index in [0.717, 1.165) is 44.5 Å². The Bertz CT molecular complexity index is 1250. The molecule has 4 aromatic rings. The summed E-state index contributed by atoms with van der Waals surface area (Å²) in [7, 11) is 1.92. The van der Waals surface area contributed by atoms with Crippen LogP contribution in [0, 0.1) is 0 Å². The topological polar surface area (TPSA) is 61.4 Å². The Balaban J connectivity index is 1.49. The molecule has 4 heterocycles. The maximum Gasteiger partial charge on any atom is 0.196 e. The van der Waals surface area contributed by atoms with Crippen LogP contribution >= 0.6 is 11.8 Å². The number of benzene rings is 1. The second-order valence-electron chi connectivity index (χ2n) is 6.82.